The van der Waals surface area contributed by atoms with Crippen LogP contribution in [-0.4, -0.2) is 9.55 Å². The third kappa shape index (κ3) is 2.33. The summed E-state index contributed by atoms with van der Waals surface area (Å²) in [7, 11) is 0. The van der Waals surface area contributed by atoms with E-state index >= 15 is 0 Å². The van der Waals surface area contributed by atoms with Crippen molar-refractivity contribution in [2.24, 2.45) is 0 Å². The van der Waals surface area contributed by atoms with E-state index in [0.29, 0.717) is 0 Å². The predicted octanol–water partition coefficient (Wildman–Crippen LogP) is 9.29. The molecule has 2 heterocycles. The summed E-state index contributed by atoms with van der Waals surface area (Å²) < 4.78 is 2.33. The lowest BCUT2D eigenvalue weighted by Gasteiger charge is -2.19. The average Bonchev–Trinajstić information content (AvgIpc) is 3.24. The molecule has 0 saturated heterocycles. The molecule has 170 valence electrons. The third-order valence-electron chi connectivity index (χ3n) is 8.15. The van der Waals surface area contributed by atoms with E-state index in [-0.39, 0.29) is 0 Å². The smallest absolute Gasteiger partial charge is 0.137 e. The molecule has 1 aliphatic rings. The standard InChI is InChI=1S/C35H20N2/c1-3-12-24-22(10-1)23-11-2-4-13-25(23)33-27-15-8-16-28-34(27)35-29(37(28)30-17-5-6-20-36-30)19-18-21-9-7-14-26(31(21)35)32(24)33/h1-20H. The average molecular weight is 469 g/mol. The lowest BCUT2D eigenvalue weighted by atomic mass is 9.84. The number of hydrogen-bond donors (Lipinski definition) is 0. The number of hydrogen-bond acceptors (Lipinski definition) is 1. The molecule has 0 atom stereocenters. The molecule has 2 nitrogen and oxygen atoms in total. The van der Waals surface area contributed by atoms with Crippen molar-refractivity contribution in [2.45, 2.75) is 0 Å². The highest BCUT2D eigenvalue weighted by Crippen LogP contribution is 2.53. The minimum atomic E-state index is 0.945. The summed E-state index contributed by atoms with van der Waals surface area (Å²) >= 11 is 0. The number of rotatable bonds is 1. The maximum atomic E-state index is 4.77. The Morgan fingerprint density at radius 2 is 1.05 bits per heavy atom. The van der Waals surface area contributed by atoms with Crippen LogP contribution in [0.2, 0.25) is 0 Å². The molecule has 0 saturated carbocycles. The highest BCUT2D eigenvalue weighted by molar-refractivity contribution is 6.35. The van der Waals surface area contributed by atoms with Gasteiger partial charge in [0.15, 0.2) is 0 Å². The Morgan fingerprint density at radius 3 is 1.76 bits per heavy atom. The fourth-order valence-electron chi connectivity index (χ4n) is 6.78. The van der Waals surface area contributed by atoms with Gasteiger partial charge in [0.05, 0.1) is 11.0 Å². The molecule has 8 aromatic rings. The molecule has 0 bridgehead atoms. The molecule has 0 unspecified atom stereocenters. The van der Waals surface area contributed by atoms with Gasteiger partial charge in [-0.2, -0.15) is 0 Å². The SMILES string of the molecule is c1ccc(-n2c3cccc4c3c3c5c(cccc5ccc32)-c2c-4c3ccccc3c3ccccc23)nc1. The molecule has 9 rings (SSSR count). The molecule has 0 N–H and O–H groups in total. The Labute approximate surface area is 213 Å². The van der Waals surface area contributed by atoms with Gasteiger partial charge in [0, 0.05) is 17.0 Å². The summed E-state index contributed by atoms with van der Waals surface area (Å²) in [4.78, 5) is 4.77. The van der Waals surface area contributed by atoms with Crippen molar-refractivity contribution in [1.82, 2.24) is 9.55 Å². The molecule has 0 fully saturated rings. The van der Waals surface area contributed by atoms with Gasteiger partial charge in [-0.05, 0) is 78.8 Å². The first-order valence-electron chi connectivity index (χ1n) is 12.7. The predicted molar refractivity (Wildman–Crippen MR) is 156 cm³/mol. The Bertz CT molecular complexity index is 2240. The van der Waals surface area contributed by atoms with E-state index in [1.165, 1.54) is 76.4 Å². The van der Waals surface area contributed by atoms with Crippen molar-refractivity contribution < 1.29 is 0 Å². The Kier molecular flexibility index (Phi) is 3.56. The van der Waals surface area contributed by atoms with E-state index < -0.39 is 0 Å². The number of benzene rings is 6. The van der Waals surface area contributed by atoms with E-state index in [2.05, 4.69) is 114 Å². The molecule has 37 heavy (non-hydrogen) atoms. The van der Waals surface area contributed by atoms with Gasteiger partial charge in [0.1, 0.15) is 5.82 Å². The largest absolute Gasteiger partial charge is 0.294 e. The lowest BCUT2D eigenvalue weighted by Crippen LogP contribution is -1.97. The van der Waals surface area contributed by atoms with Crippen LogP contribution < -0.4 is 0 Å². The van der Waals surface area contributed by atoms with Gasteiger partial charge in [0.25, 0.3) is 0 Å². The van der Waals surface area contributed by atoms with Gasteiger partial charge in [-0.1, -0.05) is 91.0 Å². The second kappa shape index (κ2) is 6.83. The maximum Gasteiger partial charge on any atom is 0.137 e. The van der Waals surface area contributed by atoms with Crippen LogP contribution in [-0.2, 0) is 0 Å². The summed E-state index contributed by atoms with van der Waals surface area (Å²) in [5.74, 6) is 0.945. The van der Waals surface area contributed by atoms with Gasteiger partial charge in [-0.25, -0.2) is 4.98 Å². The highest BCUT2D eigenvalue weighted by Gasteiger charge is 2.27. The zero-order chi connectivity index (χ0) is 24.1. The monoisotopic (exact) mass is 468 g/mol. The van der Waals surface area contributed by atoms with Crippen molar-refractivity contribution in [1.29, 1.82) is 0 Å². The van der Waals surface area contributed by atoms with Gasteiger partial charge in [0.2, 0.25) is 0 Å². The van der Waals surface area contributed by atoms with E-state index in [1.54, 1.807) is 0 Å². The number of aromatic nitrogens is 2. The molecular formula is C35H20N2. The summed E-state index contributed by atoms with van der Waals surface area (Å²) in [5, 5.41) is 10.4. The molecule has 0 aliphatic heterocycles. The van der Waals surface area contributed by atoms with Crippen LogP contribution >= 0.6 is 0 Å². The van der Waals surface area contributed by atoms with E-state index in [4.69, 9.17) is 4.98 Å². The van der Waals surface area contributed by atoms with Crippen LogP contribution in [0.5, 0.6) is 0 Å². The van der Waals surface area contributed by atoms with E-state index in [0.717, 1.165) is 5.82 Å². The van der Waals surface area contributed by atoms with E-state index in [9.17, 15) is 0 Å². The molecule has 1 aliphatic carbocycles. The minimum absolute atomic E-state index is 0.945. The molecule has 2 aromatic heterocycles. The zero-order valence-corrected chi connectivity index (χ0v) is 19.9. The van der Waals surface area contributed by atoms with Gasteiger partial charge in [-0.3, -0.25) is 4.57 Å². The maximum absolute atomic E-state index is 4.77. The number of fused-ring (bicyclic) bond motifs is 8. The van der Waals surface area contributed by atoms with Crippen molar-refractivity contribution in [3.8, 4) is 28.1 Å². The Morgan fingerprint density at radius 1 is 0.432 bits per heavy atom. The number of pyridine rings is 1. The van der Waals surface area contributed by atoms with Crippen molar-refractivity contribution in [2.75, 3.05) is 0 Å². The zero-order valence-electron chi connectivity index (χ0n) is 19.9. The Balaban J connectivity index is 1.65. The van der Waals surface area contributed by atoms with Crippen LogP contribution in [0.3, 0.4) is 0 Å². The van der Waals surface area contributed by atoms with E-state index in [1.807, 2.05) is 12.3 Å². The van der Waals surface area contributed by atoms with Crippen LogP contribution in [0, 0.1) is 0 Å². The van der Waals surface area contributed by atoms with Crippen LogP contribution in [0.4, 0.5) is 0 Å². The molecule has 6 aromatic carbocycles. The fraction of sp³-hybridized carbons (Fsp3) is 0. The molecule has 0 radical (unpaired) electrons. The fourth-order valence-corrected chi connectivity index (χ4v) is 6.78. The first kappa shape index (κ1) is 19.3. The molecule has 2 heteroatoms. The molecule has 0 spiro atoms. The van der Waals surface area contributed by atoms with Crippen LogP contribution in [0.25, 0.3) is 82.2 Å². The topological polar surface area (TPSA) is 17.8 Å². The quantitative estimate of drug-likeness (QED) is 0.220. The summed E-state index contributed by atoms with van der Waals surface area (Å²) in [5.41, 5.74) is 7.64. The normalized spacial score (nSPS) is 12.3. The highest BCUT2D eigenvalue weighted by atomic mass is 15.1. The summed E-state index contributed by atoms with van der Waals surface area (Å²) in [6.07, 6.45) is 1.88. The molecule has 0 amide bonds. The van der Waals surface area contributed by atoms with Gasteiger partial charge < -0.3 is 0 Å². The molecular weight excluding hydrogens is 448 g/mol. The lowest BCUT2D eigenvalue weighted by molar-refractivity contribution is 1.08. The summed E-state index contributed by atoms with van der Waals surface area (Å²) in [6, 6.07) is 42.0. The second-order valence-electron chi connectivity index (χ2n) is 9.93. The second-order valence-corrected chi connectivity index (χ2v) is 9.93. The van der Waals surface area contributed by atoms with Gasteiger partial charge >= 0.3 is 0 Å². The third-order valence-corrected chi connectivity index (χ3v) is 8.15. The number of nitrogens with zero attached hydrogens (tertiary/aromatic N) is 2. The first-order valence-corrected chi connectivity index (χ1v) is 12.7. The van der Waals surface area contributed by atoms with Crippen molar-refractivity contribution >= 4 is 54.1 Å². The van der Waals surface area contributed by atoms with Crippen LogP contribution in [0.1, 0.15) is 0 Å². The summed E-state index contributed by atoms with van der Waals surface area (Å²) in [6.45, 7) is 0. The van der Waals surface area contributed by atoms with Crippen molar-refractivity contribution in [3.63, 3.8) is 0 Å². The minimum Gasteiger partial charge on any atom is -0.294 e. The van der Waals surface area contributed by atoms with Crippen LogP contribution in [0.15, 0.2) is 121 Å². The first-order chi connectivity index (χ1) is 18.4. The van der Waals surface area contributed by atoms with Gasteiger partial charge in [-0.15, -0.1) is 0 Å². The van der Waals surface area contributed by atoms with Crippen molar-refractivity contribution in [3.05, 3.63) is 121 Å². The Hall–Kier alpha value is -4.95.